The van der Waals surface area contributed by atoms with Gasteiger partial charge in [0.05, 0.1) is 5.54 Å². The van der Waals surface area contributed by atoms with Crippen molar-refractivity contribution >= 4 is 8.32 Å². The molecule has 2 rings (SSSR count). The van der Waals surface area contributed by atoms with E-state index in [1.165, 1.54) is 6.08 Å². The number of hydrogen-bond acceptors (Lipinski definition) is 2. The molecule has 5 heteroatoms. The van der Waals surface area contributed by atoms with E-state index in [9.17, 15) is 8.78 Å². The average Bonchev–Trinajstić information content (AvgIpc) is 2.42. The number of halogens is 2. The molecule has 1 aliphatic carbocycles. The fourth-order valence-electron chi connectivity index (χ4n) is 2.19. The molecule has 126 valence electrons. The first-order chi connectivity index (χ1) is 10.4. The first-order valence-electron chi connectivity index (χ1n) is 7.76. The Labute approximate surface area is 138 Å². The number of nitrogens with two attached hydrogens (primary N) is 1. The highest BCUT2D eigenvalue weighted by Crippen LogP contribution is 2.38. The molecule has 0 bridgehead atoms. The molecule has 1 aliphatic rings. The van der Waals surface area contributed by atoms with E-state index in [1.807, 2.05) is 24.3 Å². The van der Waals surface area contributed by atoms with Crippen LogP contribution in [0, 0.1) is 0 Å². The number of allylic oxidation sites excluding steroid dienone is 2. The van der Waals surface area contributed by atoms with Gasteiger partial charge in [0.1, 0.15) is 11.6 Å². The van der Waals surface area contributed by atoms with E-state index in [0.29, 0.717) is 0 Å². The Kier molecular flexibility index (Phi) is 4.57. The van der Waals surface area contributed by atoms with Gasteiger partial charge in [0.25, 0.3) is 0 Å². The van der Waals surface area contributed by atoms with Crippen molar-refractivity contribution in [2.45, 2.75) is 50.9 Å². The maximum atomic E-state index is 13.5. The van der Waals surface area contributed by atoms with Crippen molar-refractivity contribution in [1.82, 2.24) is 0 Å². The minimum absolute atomic E-state index is 0.109. The molecule has 0 radical (unpaired) electrons. The minimum Gasteiger partial charge on any atom is -0.544 e. The fraction of sp³-hybridized carbons (Fsp3) is 0.444. The highest BCUT2D eigenvalue weighted by atomic mass is 28.4. The lowest BCUT2D eigenvalue weighted by molar-refractivity contribution is 0.431. The monoisotopic (exact) mass is 337 g/mol. The fourth-order valence-corrected chi connectivity index (χ4v) is 3.22. The molecule has 0 aromatic heterocycles. The van der Waals surface area contributed by atoms with Gasteiger partial charge in [-0.3, -0.25) is 0 Å². The molecule has 1 atom stereocenters. The Balaban J connectivity index is 2.20. The van der Waals surface area contributed by atoms with Crippen LogP contribution in [0.5, 0.6) is 5.75 Å². The summed E-state index contributed by atoms with van der Waals surface area (Å²) in [5, 5.41) is 0.109. The molecule has 1 aromatic carbocycles. The summed E-state index contributed by atoms with van der Waals surface area (Å²) in [6, 6.07) is 7.35. The van der Waals surface area contributed by atoms with Crippen molar-refractivity contribution in [3.8, 4) is 5.75 Å². The van der Waals surface area contributed by atoms with Crippen LogP contribution in [0.25, 0.3) is 0 Å². The molecule has 1 unspecified atom stereocenters. The summed E-state index contributed by atoms with van der Waals surface area (Å²) in [5.74, 6) is -0.869. The third-order valence-corrected chi connectivity index (χ3v) is 9.16. The molecule has 0 saturated heterocycles. The van der Waals surface area contributed by atoms with E-state index >= 15 is 0 Å². The van der Waals surface area contributed by atoms with Crippen LogP contribution in [0.15, 0.2) is 48.1 Å². The second-order valence-electron chi connectivity index (χ2n) is 7.69. The standard InChI is InChI=1S/C18H25F2NOSi/c1-17(2,3)23(4,5)22-14-8-6-13(7-9-14)18(21)11-10-15(19)16(20)12-18/h6-11H,12,21H2,1-5H3. The van der Waals surface area contributed by atoms with Gasteiger partial charge in [0, 0.05) is 6.42 Å². The van der Waals surface area contributed by atoms with E-state index in [0.717, 1.165) is 17.4 Å². The zero-order valence-corrected chi connectivity index (χ0v) is 15.4. The van der Waals surface area contributed by atoms with Crippen LogP contribution in [0.3, 0.4) is 0 Å². The number of hydrogen-bond donors (Lipinski definition) is 1. The molecular weight excluding hydrogens is 312 g/mol. The van der Waals surface area contributed by atoms with Crippen LogP contribution in [0.2, 0.25) is 18.1 Å². The lowest BCUT2D eigenvalue weighted by atomic mass is 9.84. The van der Waals surface area contributed by atoms with Gasteiger partial charge in [-0.15, -0.1) is 0 Å². The van der Waals surface area contributed by atoms with Gasteiger partial charge < -0.3 is 10.2 Å². The Morgan fingerprint density at radius 3 is 2.17 bits per heavy atom. The Hall–Kier alpha value is -1.46. The van der Waals surface area contributed by atoms with Crippen LogP contribution in [0.1, 0.15) is 32.8 Å². The van der Waals surface area contributed by atoms with E-state index < -0.39 is 25.5 Å². The van der Waals surface area contributed by atoms with Crippen LogP contribution in [-0.4, -0.2) is 8.32 Å². The normalized spacial score (nSPS) is 22.4. The van der Waals surface area contributed by atoms with Crippen molar-refractivity contribution in [2.75, 3.05) is 0 Å². The Morgan fingerprint density at radius 2 is 1.70 bits per heavy atom. The zero-order valence-electron chi connectivity index (χ0n) is 14.4. The SMILES string of the molecule is CC(C)(C)[Si](C)(C)Oc1ccc(C2(N)C=CC(F)=C(F)C2)cc1. The highest BCUT2D eigenvalue weighted by Gasteiger charge is 2.39. The molecule has 0 spiro atoms. The van der Waals surface area contributed by atoms with Crippen LogP contribution < -0.4 is 10.2 Å². The van der Waals surface area contributed by atoms with Gasteiger partial charge in [-0.05, 0) is 41.9 Å². The zero-order chi connectivity index (χ0) is 17.5. The third-order valence-electron chi connectivity index (χ3n) is 4.80. The van der Waals surface area contributed by atoms with Crippen molar-refractivity contribution in [3.05, 3.63) is 53.6 Å². The molecule has 0 amide bonds. The average molecular weight is 337 g/mol. The number of rotatable bonds is 3. The largest absolute Gasteiger partial charge is 0.544 e. The maximum absolute atomic E-state index is 13.5. The predicted molar refractivity (Wildman–Crippen MR) is 93.1 cm³/mol. The Morgan fingerprint density at radius 1 is 1.13 bits per heavy atom. The maximum Gasteiger partial charge on any atom is 0.250 e. The van der Waals surface area contributed by atoms with Crippen LogP contribution >= 0.6 is 0 Å². The molecule has 0 aliphatic heterocycles. The summed E-state index contributed by atoms with van der Waals surface area (Å²) < 4.78 is 32.9. The summed E-state index contributed by atoms with van der Waals surface area (Å²) >= 11 is 0. The topological polar surface area (TPSA) is 35.2 Å². The van der Waals surface area contributed by atoms with Crippen molar-refractivity contribution in [1.29, 1.82) is 0 Å². The predicted octanol–water partition coefficient (Wildman–Crippen LogP) is 5.34. The van der Waals surface area contributed by atoms with Gasteiger partial charge in [0.2, 0.25) is 8.32 Å². The molecule has 0 fully saturated rings. The summed E-state index contributed by atoms with van der Waals surface area (Å²) in [7, 11) is -1.90. The molecule has 0 heterocycles. The Bertz CT molecular complexity index is 644. The summed E-state index contributed by atoms with van der Waals surface area (Å²) in [5.41, 5.74) is 5.94. The third kappa shape index (κ3) is 3.72. The summed E-state index contributed by atoms with van der Waals surface area (Å²) in [6.07, 6.45) is 2.44. The first kappa shape index (κ1) is 17.9. The number of benzene rings is 1. The molecule has 23 heavy (non-hydrogen) atoms. The van der Waals surface area contributed by atoms with Crippen LogP contribution in [-0.2, 0) is 5.54 Å². The summed E-state index contributed by atoms with van der Waals surface area (Å²) in [6.45, 7) is 10.9. The van der Waals surface area contributed by atoms with Crippen LogP contribution in [0.4, 0.5) is 8.78 Å². The smallest absolute Gasteiger partial charge is 0.250 e. The van der Waals surface area contributed by atoms with E-state index in [1.54, 1.807) is 0 Å². The van der Waals surface area contributed by atoms with E-state index in [2.05, 4.69) is 33.9 Å². The summed E-state index contributed by atoms with van der Waals surface area (Å²) in [4.78, 5) is 0. The van der Waals surface area contributed by atoms with Gasteiger partial charge in [0.15, 0.2) is 5.83 Å². The highest BCUT2D eigenvalue weighted by molar-refractivity contribution is 6.74. The quantitative estimate of drug-likeness (QED) is 0.756. The molecule has 2 N–H and O–H groups in total. The van der Waals surface area contributed by atoms with Crippen molar-refractivity contribution < 1.29 is 13.2 Å². The van der Waals surface area contributed by atoms with Gasteiger partial charge in [-0.25, -0.2) is 8.78 Å². The lowest BCUT2D eigenvalue weighted by Gasteiger charge is -2.36. The minimum atomic E-state index is -1.90. The second-order valence-corrected chi connectivity index (χ2v) is 12.4. The first-order valence-corrected chi connectivity index (χ1v) is 10.7. The molecule has 1 aromatic rings. The lowest BCUT2D eigenvalue weighted by Crippen LogP contribution is -2.43. The molecule has 0 saturated carbocycles. The van der Waals surface area contributed by atoms with Crippen molar-refractivity contribution in [3.63, 3.8) is 0 Å². The van der Waals surface area contributed by atoms with E-state index in [-0.39, 0.29) is 11.5 Å². The second kappa shape index (κ2) is 5.87. The van der Waals surface area contributed by atoms with Gasteiger partial charge >= 0.3 is 0 Å². The molecular formula is C18H25F2NOSi. The van der Waals surface area contributed by atoms with Crippen molar-refractivity contribution in [2.24, 2.45) is 5.73 Å². The van der Waals surface area contributed by atoms with E-state index in [4.69, 9.17) is 10.2 Å². The van der Waals surface area contributed by atoms with Gasteiger partial charge in [-0.1, -0.05) is 39.0 Å². The molecule has 2 nitrogen and oxygen atoms in total. The van der Waals surface area contributed by atoms with Gasteiger partial charge in [-0.2, -0.15) is 0 Å².